The lowest BCUT2D eigenvalue weighted by Crippen LogP contribution is -2.54. The molecule has 0 bridgehead atoms. The summed E-state index contributed by atoms with van der Waals surface area (Å²) in [7, 11) is 0. The normalized spacial score (nSPS) is 20.7. The summed E-state index contributed by atoms with van der Waals surface area (Å²) in [5, 5.41) is 0. The Labute approximate surface area is 97.9 Å². The van der Waals surface area contributed by atoms with Gasteiger partial charge in [0.05, 0.1) is 13.2 Å². The molecular formula is C11H15BrN2O. The van der Waals surface area contributed by atoms with Crippen LogP contribution in [0.1, 0.15) is 11.6 Å². The highest BCUT2D eigenvalue weighted by Gasteiger charge is 2.43. The van der Waals surface area contributed by atoms with Crippen LogP contribution < -0.4 is 11.5 Å². The van der Waals surface area contributed by atoms with Gasteiger partial charge in [0.15, 0.2) is 0 Å². The minimum absolute atomic E-state index is 0.0376. The zero-order valence-corrected chi connectivity index (χ0v) is 10.0. The van der Waals surface area contributed by atoms with Crippen molar-refractivity contribution in [1.82, 2.24) is 0 Å². The summed E-state index contributed by atoms with van der Waals surface area (Å²) in [5.74, 6) is 0. The first-order chi connectivity index (χ1) is 7.18. The molecule has 15 heavy (non-hydrogen) atoms. The van der Waals surface area contributed by atoms with Gasteiger partial charge in [-0.05, 0) is 17.7 Å². The van der Waals surface area contributed by atoms with Crippen LogP contribution in [0.3, 0.4) is 0 Å². The Bertz CT molecular complexity index is 329. The van der Waals surface area contributed by atoms with Gasteiger partial charge in [-0.1, -0.05) is 28.1 Å². The molecule has 1 aromatic carbocycles. The van der Waals surface area contributed by atoms with Crippen LogP contribution in [0.2, 0.25) is 0 Å². The van der Waals surface area contributed by atoms with Gasteiger partial charge in [-0.15, -0.1) is 0 Å². The van der Waals surface area contributed by atoms with E-state index in [9.17, 15) is 0 Å². The average molecular weight is 271 g/mol. The molecule has 0 aliphatic carbocycles. The first-order valence-corrected chi connectivity index (χ1v) is 5.76. The van der Waals surface area contributed by atoms with Crippen LogP contribution in [0.4, 0.5) is 0 Å². The number of hydrogen-bond acceptors (Lipinski definition) is 3. The lowest BCUT2D eigenvalue weighted by molar-refractivity contribution is -0.121. The Morgan fingerprint density at radius 1 is 1.33 bits per heavy atom. The monoisotopic (exact) mass is 270 g/mol. The largest absolute Gasteiger partial charge is 0.380 e. The molecule has 1 atom stereocenters. The molecule has 82 valence electrons. The van der Waals surface area contributed by atoms with E-state index in [1.807, 2.05) is 24.3 Å². The van der Waals surface area contributed by atoms with Crippen LogP contribution >= 0.6 is 15.9 Å². The van der Waals surface area contributed by atoms with Crippen LogP contribution in [0.15, 0.2) is 28.7 Å². The van der Waals surface area contributed by atoms with Gasteiger partial charge in [-0.3, -0.25) is 0 Å². The van der Waals surface area contributed by atoms with Crippen molar-refractivity contribution in [3.63, 3.8) is 0 Å². The number of hydrogen-bond donors (Lipinski definition) is 2. The number of benzene rings is 1. The zero-order chi connectivity index (χ0) is 10.9. The fourth-order valence-electron chi connectivity index (χ4n) is 1.81. The summed E-state index contributed by atoms with van der Waals surface area (Å²) in [4.78, 5) is 0. The molecule has 1 heterocycles. The molecule has 1 fully saturated rings. The van der Waals surface area contributed by atoms with E-state index in [1.54, 1.807) is 0 Å². The lowest BCUT2D eigenvalue weighted by atomic mass is 9.76. The van der Waals surface area contributed by atoms with Crippen molar-refractivity contribution < 1.29 is 4.74 Å². The lowest BCUT2D eigenvalue weighted by Gasteiger charge is -2.45. The van der Waals surface area contributed by atoms with Gasteiger partial charge in [0.1, 0.15) is 0 Å². The third-order valence-electron chi connectivity index (χ3n) is 3.07. The second-order valence-electron chi connectivity index (χ2n) is 4.09. The van der Waals surface area contributed by atoms with Crippen molar-refractivity contribution in [1.29, 1.82) is 0 Å². The molecule has 1 aliphatic heterocycles. The van der Waals surface area contributed by atoms with Gasteiger partial charge in [0, 0.05) is 22.5 Å². The molecule has 3 nitrogen and oxygen atoms in total. The zero-order valence-electron chi connectivity index (χ0n) is 8.45. The van der Waals surface area contributed by atoms with Gasteiger partial charge in [0.2, 0.25) is 0 Å². The van der Waals surface area contributed by atoms with Gasteiger partial charge in [-0.2, -0.15) is 0 Å². The van der Waals surface area contributed by atoms with Gasteiger partial charge in [-0.25, -0.2) is 0 Å². The molecule has 0 aromatic heterocycles. The van der Waals surface area contributed by atoms with E-state index in [2.05, 4.69) is 15.9 Å². The third kappa shape index (κ3) is 1.95. The van der Waals surface area contributed by atoms with Gasteiger partial charge in [0.25, 0.3) is 0 Å². The van der Waals surface area contributed by atoms with Gasteiger partial charge < -0.3 is 16.2 Å². The van der Waals surface area contributed by atoms with Crippen molar-refractivity contribution in [3.05, 3.63) is 34.3 Å². The van der Waals surface area contributed by atoms with E-state index >= 15 is 0 Å². The van der Waals surface area contributed by atoms with Crippen molar-refractivity contribution in [3.8, 4) is 0 Å². The van der Waals surface area contributed by atoms with Crippen molar-refractivity contribution in [2.75, 3.05) is 19.8 Å². The van der Waals surface area contributed by atoms with E-state index in [4.69, 9.17) is 16.2 Å². The third-order valence-corrected chi connectivity index (χ3v) is 3.60. The van der Waals surface area contributed by atoms with E-state index in [1.165, 1.54) is 0 Å². The Kier molecular flexibility index (Phi) is 3.11. The second-order valence-corrected chi connectivity index (χ2v) is 5.00. The average Bonchev–Trinajstić information content (AvgIpc) is 2.18. The Morgan fingerprint density at radius 2 is 1.93 bits per heavy atom. The first-order valence-electron chi connectivity index (χ1n) is 4.97. The maximum absolute atomic E-state index is 6.22. The Balaban J connectivity index is 2.19. The quantitative estimate of drug-likeness (QED) is 0.874. The Morgan fingerprint density at radius 3 is 2.33 bits per heavy atom. The highest BCUT2D eigenvalue weighted by atomic mass is 79.9. The molecule has 4 N–H and O–H groups in total. The number of halogens is 1. The highest BCUT2D eigenvalue weighted by Crippen LogP contribution is 2.38. The number of rotatable bonds is 3. The second kappa shape index (κ2) is 4.22. The van der Waals surface area contributed by atoms with Crippen LogP contribution in [-0.2, 0) is 4.74 Å². The molecule has 1 aliphatic rings. The predicted octanol–water partition coefficient (Wildman–Crippen LogP) is 1.42. The fourth-order valence-corrected chi connectivity index (χ4v) is 2.08. The molecule has 1 unspecified atom stereocenters. The fraction of sp³-hybridized carbons (Fsp3) is 0.455. The molecule has 1 aromatic rings. The number of ether oxygens (including phenoxy) is 1. The van der Waals surface area contributed by atoms with E-state index in [-0.39, 0.29) is 11.5 Å². The van der Waals surface area contributed by atoms with E-state index < -0.39 is 0 Å². The summed E-state index contributed by atoms with van der Waals surface area (Å²) in [6.45, 7) is 1.91. The van der Waals surface area contributed by atoms with E-state index in [0.29, 0.717) is 19.8 Å². The topological polar surface area (TPSA) is 61.3 Å². The summed E-state index contributed by atoms with van der Waals surface area (Å²) in [5.41, 5.74) is 13.0. The molecule has 4 heteroatoms. The first kappa shape index (κ1) is 11.1. The summed E-state index contributed by atoms with van der Waals surface area (Å²) >= 11 is 3.40. The predicted molar refractivity (Wildman–Crippen MR) is 63.4 cm³/mol. The van der Waals surface area contributed by atoms with E-state index in [0.717, 1.165) is 10.0 Å². The minimum Gasteiger partial charge on any atom is -0.380 e. The highest BCUT2D eigenvalue weighted by molar-refractivity contribution is 9.10. The minimum atomic E-state index is -0.0617. The smallest absolute Gasteiger partial charge is 0.0575 e. The van der Waals surface area contributed by atoms with Crippen LogP contribution in [-0.4, -0.2) is 19.8 Å². The van der Waals surface area contributed by atoms with Crippen LogP contribution in [0.5, 0.6) is 0 Å². The van der Waals surface area contributed by atoms with Crippen molar-refractivity contribution >= 4 is 15.9 Å². The van der Waals surface area contributed by atoms with Crippen LogP contribution in [0, 0.1) is 5.41 Å². The summed E-state index contributed by atoms with van der Waals surface area (Å²) in [6.07, 6.45) is 0. The van der Waals surface area contributed by atoms with Gasteiger partial charge >= 0.3 is 0 Å². The SMILES string of the molecule is NCC1(C(N)c2ccc(Br)cc2)COC1. The molecule has 0 saturated carbocycles. The maximum Gasteiger partial charge on any atom is 0.0575 e. The maximum atomic E-state index is 6.22. The Hall–Kier alpha value is -0.420. The molecule has 0 amide bonds. The molecule has 2 rings (SSSR count). The van der Waals surface area contributed by atoms with Crippen molar-refractivity contribution in [2.24, 2.45) is 16.9 Å². The standard InChI is InChI=1S/C11H15BrN2O/c12-9-3-1-8(2-4-9)10(14)11(5-13)6-15-7-11/h1-4,10H,5-7,13-14H2. The molecular weight excluding hydrogens is 256 g/mol. The summed E-state index contributed by atoms with van der Waals surface area (Å²) in [6, 6.07) is 8.02. The number of nitrogens with two attached hydrogens (primary N) is 2. The molecule has 0 spiro atoms. The molecule has 0 radical (unpaired) electrons. The van der Waals surface area contributed by atoms with Crippen LogP contribution in [0.25, 0.3) is 0 Å². The molecule has 1 saturated heterocycles. The van der Waals surface area contributed by atoms with Crippen molar-refractivity contribution in [2.45, 2.75) is 6.04 Å². The summed E-state index contributed by atoms with van der Waals surface area (Å²) < 4.78 is 6.29.